The Labute approximate surface area is 107 Å². The molecule has 1 aliphatic rings. The quantitative estimate of drug-likeness (QED) is 0.901. The molecule has 6 nitrogen and oxygen atoms in total. The van der Waals surface area contributed by atoms with E-state index in [1.54, 1.807) is 11.0 Å². The van der Waals surface area contributed by atoms with Crippen molar-refractivity contribution in [1.29, 1.82) is 0 Å². The molecule has 3 heterocycles. The Bertz CT molecular complexity index is 609. The van der Waals surface area contributed by atoms with Crippen LogP contribution in [0.15, 0.2) is 29.3 Å². The van der Waals surface area contributed by atoms with Crippen molar-refractivity contribution in [3.8, 4) is 11.3 Å². The second kappa shape index (κ2) is 4.34. The van der Waals surface area contributed by atoms with Gasteiger partial charge in [-0.1, -0.05) is 0 Å². The van der Waals surface area contributed by atoms with E-state index >= 15 is 0 Å². The van der Waals surface area contributed by atoms with Gasteiger partial charge in [-0.2, -0.15) is 0 Å². The van der Waals surface area contributed by atoms with Crippen LogP contribution in [0.1, 0.15) is 0 Å². The van der Waals surface area contributed by atoms with E-state index in [4.69, 9.17) is 9.52 Å². The van der Waals surface area contributed by atoms with Gasteiger partial charge in [0.25, 0.3) is 0 Å². The predicted molar refractivity (Wildman–Crippen MR) is 63.0 cm³/mol. The Morgan fingerprint density at radius 2 is 2.26 bits per heavy atom. The first kappa shape index (κ1) is 11.6. The first-order valence-electron chi connectivity index (χ1n) is 5.67. The summed E-state index contributed by atoms with van der Waals surface area (Å²) < 4.78 is 19.2. The highest BCUT2D eigenvalue weighted by atomic mass is 19.1. The molecule has 1 saturated heterocycles. The summed E-state index contributed by atoms with van der Waals surface area (Å²) in [5.74, 6) is -1.77. The molecule has 7 heteroatoms. The summed E-state index contributed by atoms with van der Waals surface area (Å²) in [6.45, 7) is 0.516. The molecule has 1 aliphatic heterocycles. The fourth-order valence-electron chi connectivity index (χ4n) is 1.99. The number of halogens is 1. The molecule has 1 N–H and O–H groups in total. The van der Waals surface area contributed by atoms with Crippen molar-refractivity contribution < 1.29 is 18.7 Å². The van der Waals surface area contributed by atoms with Gasteiger partial charge in [0.05, 0.1) is 18.4 Å². The number of anilines is 1. The summed E-state index contributed by atoms with van der Waals surface area (Å²) >= 11 is 0. The van der Waals surface area contributed by atoms with Crippen LogP contribution in [0.4, 0.5) is 10.2 Å². The summed E-state index contributed by atoms with van der Waals surface area (Å²) in [6.07, 6.45) is 4.08. The second-order valence-electron chi connectivity index (χ2n) is 4.31. The fraction of sp³-hybridized carbons (Fsp3) is 0.250. The van der Waals surface area contributed by atoms with Crippen molar-refractivity contribution in [1.82, 2.24) is 9.97 Å². The van der Waals surface area contributed by atoms with E-state index in [0.717, 1.165) is 0 Å². The highest BCUT2D eigenvalue weighted by Crippen LogP contribution is 2.30. The van der Waals surface area contributed by atoms with Gasteiger partial charge in [0.2, 0.25) is 0 Å². The zero-order valence-corrected chi connectivity index (χ0v) is 9.78. The number of furan rings is 1. The number of carbonyl (C=O) groups is 1. The Balaban J connectivity index is 1.88. The Morgan fingerprint density at radius 3 is 2.89 bits per heavy atom. The third-order valence-electron chi connectivity index (χ3n) is 3.10. The molecule has 1 fully saturated rings. The lowest BCUT2D eigenvalue weighted by Gasteiger charge is -2.37. The fourth-order valence-corrected chi connectivity index (χ4v) is 1.99. The number of hydrogen-bond donors (Lipinski definition) is 1. The molecular weight excluding hydrogens is 253 g/mol. The maximum Gasteiger partial charge on any atom is 0.310 e. The minimum absolute atomic E-state index is 0.128. The third-order valence-corrected chi connectivity index (χ3v) is 3.10. The van der Waals surface area contributed by atoms with Gasteiger partial charge < -0.3 is 14.4 Å². The molecule has 0 saturated carbocycles. The number of hydrogen-bond acceptors (Lipinski definition) is 5. The van der Waals surface area contributed by atoms with Crippen LogP contribution in [0.2, 0.25) is 0 Å². The number of nitrogens with zero attached hydrogens (tertiary/aromatic N) is 3. The first-order chi connectivity index (χ1) is 9.16. The zero-order valence-electron chi connectivity index (χ0n) is 9.78. The van der Waals surface area contributed by atoms with Gasteiger partial charge in [0.15, 0.2) is 11.6 Å². The summed E-state index contributed by atoms with van der Waals surface area (Å²) in [4.78, 5) is 20.1. The molecule has 0 radical (unpaired) electrons. The molecular formula is C12H10FN3O3. The zero-order chi connectivity index (χ0) is 13.4. The van der Waals surface area contributed by atoms with Gasteiger partial charge in [0, 0.05) is 18.7 Å². The maximum atomic E-state index is 14.3. The monoisotopic (exact) mass is 263 g/mol. The molecule has 0 unspecified atom stereocenters. The van der Waals surface area contributed by atoms with Gasteiger partial charge in [-0.15, -0.1) is 0 Å². The lowest BCUT2D eigenvalue weighted by Crippen LogP contribution is -2.51. The van der Waals surface area contributed by atoms with Crippen molar-refractivity contribution >= 4 is 11.8 Å². The summed E-state index contributed by atoms with van der Waals surface area (Å²) in [6, 6.07) is 1.60. The predicted octanol–water partition coefficient (Wildman–Crippen LogP) is 1.40. The van der Waals surface area contributed by atoms with Crippen LogP contribution in [-0.4, -0.2) is 34.1 Å². The van der Waals surface area contributed by atoms with E-state index in [1.807, 2.05) is 0 Å². The first-order valence-corrected chi connectivity index (χ1v) is 5.67. The van der Waals surface area contributed by atoms with Crippen LogP contribution in [0, 0.1) is 11.7 Å². The van der Waals surface area contributed by atoms with Crippen LogP contribution in [-0.2, 0) is 4.79 Å². The highest BCUT2D eigenvalue weighted by Gasteiger charge is 2.35. The third kappa shape index (κ3) is 1.92. The molecule has 0 atom stereocenters. The molecule has 19 heavy (non-hydrogen) atoms. The van der Waals surface area contributed by atoms with E-state index in [-0.39, 0.29) is 24.6 Å². The Morgan fingerprint density at radius 1 is 1.47 bits per heavy atom. The molecule has 98 valence electrons. The van der Waals surface area contributed by atoms with Gasteiger partial charge in [-0.3, -0.25) is 4.79 Å². The topological polar surface area (TPSA) is 79.5 Å². The molecule has 3 rings (SSSR count). The van der Waals surface area contributed by atoms with Crippen LogP contribution in [0.5, 0.6) is 0 Å². The molecule has 2 aromatic heterocycles. The van der Waals surface area contributed by atoms with Crippen LogP contribution >= 0.6 is 0 Å². The van der Waals surface area contributed by atoms with Gasteiger partial charge >= 0.3 is 5.97 Å². The van der Waals surface area contributed by atoms with Crippen LogP contribution in [0.25, 0.3) is 11.3 Å². The average molecular weight is 263 g/mol. The van der Waals surface area contributed by atoms with E-state index in [2.05, 4.69) is 9.97 Å². The molecule has 0 aliphatic carbocycles. The normalized spacial score (nSPS) is 15.3. The van der Waals surface area contributed by atoms with Crippen molar-refractivity contribution in [2.75, 3.05) is 18.0 Å². The minimum Gasteiger partial charge on any atom is -0.481 e. The summed E-state index contributed by atoms with van der Waals surface area (Å²) in [7, 11) is 0. The lowest BCUT2D eigenvalue weighted by atomic mass is 10.0. The number of carboxylic acid groups (broad SMARTS) is 1. The molecule has 2 aromatic rings. The van der Waals surface area contributed by atoms with Crippen LogP contribution < -0.4 is 4.90 Å². The minimum atomic E-state index is -0.874. The van der Waals surface area contributed by atoms with E-state index in [0.29, 0.717) is 5.56 Å². The molecule has 0 bridgehead atoms. The van der Waals surface area contributed by atoms with Crippen molar-refractivity contribution in [2.45, 2.75) is 0 Å². The average Bonchev–Trinajstić information content (AvgIpc) is 2.82. The number of carboxylic acids is 1. The Kier molecular flexibility index (Phi) is 2.66. The van der Waals surface area contributed by atoms with Crippen molar-refractivity contribution in [3.63, 3.8) is 0 Å². The number of aromatic nitrogens is 2. The lowest BCUT2D eigenvalue weighted by molar-refractivity contribution is -0.142. The van der Waals surface area contributed by atoms with Gasteiger partial charge in [-0.25, -0.2) is 14.4 Å². The summed E-state index contributed by atoms with van der Waals surface area (Å²) in [5.41, 5.74) is 0.675. The molecule has 0 spiro atoms. The maximum absolute atomic E-state index is 14.3. The standard InChI is InChI=1S/C12H10FN3O3/c13-9-10(7-1-2-19-5-7)14-6-15-11(9)16-3-8(4-16)12(17)18/h1-2,5-6,8H,3-4H2,(H,17,18). The SMILES string of the molecule is O=C(O)C1CN(c2ncnc(-c3ccoc3)c2F)C1. The second-order valence-corrected chi connectivity index (χ2v) is 4.31. The summed E-state index contributed by atoms with van der Waals surface area (Å²) in [5, 5.41) is 8.81. The van der Waals surface area contributed by atoms with E-state index < -0.39 is 17.7 Å². The van der Waals surface area contributed by atoms with Gasteiger partial charge in [0.1, 0.15) is 12.0 Å². The number of rotatable bonds is 3. The van der Waals surface area contributed by atoms with E-state index in [1.165, 1.54) is 18.9 Å². The van der Waals surface area contributed by atoms with Crippen LogP contribution in [0.3, 0.4) is 0 Å². The van der Waals surface area contributed by atoms with Crippen molar-refractivity contribution in [3.05, 3.63) is 30.7 Å². The largest absolute Gasteiger partial charge is 0.481 e. The molecule has 0 aromatic carbocycles. The Hall–Kier alpha value is -2.44. The van der Waals surface area contributed by atoms with Gasteiger partial charge in [-0.05, 0) is 6.07 Å². The highest BCUT2D eigenvalue weighted by molar-refractivity contribution is 5.74. The molecule has 0 amide bonds. The smallest absolute Gasteiger partial charge is 0.310 e. The van der Waals surface area contributed by atoms with E-state index in [9.17, 15) is 9.18 Å². The van der Waals surface area contributed by atoms with Crippen molar-refractivity contribution in [2.24, 2.45) is 5.92 Å². The number of aliphatic carboxylic acids is 1.